The zero-order valence-electron chi connectivity index (χ0n) is 18.3. The molecule has 2 N–H and O–H groups in total. The van der Waals surface area contributed by atoms with Gasteiger partial charge >= 0.3 is 5.97 Å². The Morgan fingerprint density at radius 3 is 2.74 bits per heavy atom. The van der Waals surface area contributed by atoms with E-state index in [1.807, 2.05) is 6.92 Å². The smallest absolute Gasteiger partial charge is 0.308 e. The van der Waals surface area contributed by atoms with Crippen LogP contribution in [0.1, 0.15) is 50.4 Å². The Balaban J connectivity index is 2.06. The lowest BCUT2D eigenvalue weighted by Gasteiger charge is -2.36. The second kappa shape index (κ2) is 12.2. The number of rotatable bonds is 9. The van der Waals surface area contributed by atoms with Crippen molar-refractivity contribution in [2.45, 2.75) is 46.1 Å². The van der Waals surface area contributed by atoms with Crippen molar-refractivity contribution >= 4 is 35.1 Å². The standard InChI is InChI=1S/C22H31N3O5S/c1-4-12-30-19(26)14-17-21(28)23-10-11-25(17)22(31)24-20(27)16-7-5-6-8-18(16)29-13-9-15(2)3/h5-8,15,17H,4,9-14H2,1-3H3,(H,23,28)(H,24,27,31). The number of hydrogen-bond acceptors (Lipinski definition) is 6. The zero-order valence-corrected chi connectivity index (χ0v) is 19.1. The molecule has 9 heteroatoms. The van der Waals surface area contributed by atoms with E-state index in [0.717, 1.165) is 6.42 Å². The molecule has 0 spiro atoms. The molecule has 1 heterocycles. The van der Waals surface area contributed by atoms with Crippen molar-refractivity contribution in [2.24, 2.45) is 5.92 Å². The van der Waals surface area contributed by atoms with Gasteiger partial charge in [0.2, 0.25) is 5.91 Å². The summed E-state index contributed by atoms with van der Waals surface area (Å²) in [5.74, 6) is -0.275. The first-order valence-corrected chi connectivity index (χ1v) is 11.0. The summed E-state index contributed by atoms with van der Waals surface area (Å²) in [6.07, 6.45) is 1.42. The van der Waals surface area contributed by atoms with Gasteiger partial charge in [0, 0.05) is 13.1 Å². The summed E-state index contributed by atoms with van der Waals surface area (Å²) < 4.78 is 10.9. The highest BCUT2D eigenvalue weighted by Crippen LogP contribution is 2.19. The van der Waals surface area contributed by atoms with Crippen LogP contribution in [0.25, 0.3) is 0 Å². The third kappa shape index (κ3) is 7.50. The fourth-order valence-electron chi connectivity index (χ4n) is 3.01. The molecule has 8 nitrogen and oxygen atoms in total. The fourth-order valence-corrected chi connectivity index (χ4v) is 3.33. The number of piperazine rings is 1. The van der Waals surface area contributed by atoms with E-state index >= 15 is 0 Å². The molecule has 1 saturated heterocycles. The van der Waals surface area contributed by atoms with Crippen molar-refractivity contribution in [3.63, 3.8) is 0 Å². The minimum absolute atomic E-state index is 0.0881. The van der Waals surface area contributed by atoms with Gasteiger partial charge in [-0.3, -0.25) is 19.7 Å². The van der Waals surface area contributed by atoms with Gasteiger partial charge in [-0.25, -0.2) is 0 Å². The van der Waals surface area contributed by atoms with Crippen LogP contribution in [0.4, 0.5) is 0 Å². The van der Waals surface area contributed by atoms with Crippen molar-refractivity contribution in [1.29, 1.82) is 0 Å². The number of thiocarbonyl (C=S) groups is 1. The second-order valence-electron chi connectivity index (χ2n) is 7.71. The largest absolute Gasteiger partial charge is 0.493 e. The average Bonchev–Trinajstić information content (AvgIpc) is 2.73. The molecular formula is C22H31N3O5S. The number of carbonyl (C=O) groups is 3. The first kappa shape index (κ1) is 24.6. The number of carbonyl (C=O) groups excluding carboxylic acids is 3. The Bertz CT molecular complexity index is 799. The van der Waals surface area contributed by atoms with E-state index in [1.165, 1.54) is 0 Å². The lowest BCUT2D eigenvalue weighted by atomic mass is 10.1. The van der Waals surface area contributed by atoms with Crippen molar-refractivity contribution in [1.82, 2.24) is 15.5 Å². The number of ether oxygens (including phenoxy) is 2. The summed E-state index contributed by atoms with van der Waals surface area (Å²) in [4.78, 5) is 38.8. The van der Waals surface area contributed by atoms with Crippen LogP contribution in [-0.2, 0) is 14.3 Å². The highest BCUT2D eigenvalue weighted by molar-refractivity contribution is 7.80. The number of para-hydroxylation sites is 1. The summed E-state index contributed by atoms with van der Waals surface area (Å²) in [5.41, 5.74) is 0.356. The molecule has 31 heavy (non-hydrogen) atoms. The molecule has 1 atom stereocenters. The summed E-state index contributed by atoms with van der Waals surface area (Å²) in [5, 5.41) is 5.49. The Kier molecular flexibility index (Phi) is 9.71. The number of amides is 2. The highest BCUT2D eigenvalue weighted by atomic mass is 32.1. The third-order valence-electron chi connectivity index (χ3n) is 4.72. The number of nitrogens with zero attached hydrogens (tertiary/aromatic N) is 1. The van der Waals surface area contributed by atoms with Gasteiger partial charge in [-0.15, -0.1) is 0 Å². The van der Waals surface area contributed by atoms with Gasteiger partial charge in [-0.1, -0.05) is 32.9 Å². The monoisotopic (exact) mass is 449 g/mol. The molecule has 0 aliphatic carbocycles. The fraction of sp³-hybridized carbons (Fsp3) is 0.545. The Hall–Kier alpha value is -2.68. The number of hydrogen-bond donors (Lipinski definition) is 2. The van der Waals surface area contributed by atoms with E-state index in [2.05, 4.69) is 24.5 Å². The van der Waals surface area contributed by atoms with Gasteiger partial charge in [-0.05, 0) is 43.1 Å². The molecule has 1 aliphatic rings. The Labute approximate surface area is 188 Å². The van der Waals surface area contributed by atoms with Crippen LogP contribution in [-0.4, -0.2) is 60.1 Å². The van der Waals surface area contributed by atoms with Crippen LogP contribution in [0, 0.1) is 5.92 Å². The predicted octanol–water partition coefficient (Wildman–Crippen LogP) is 2.27. The quantitative estimate of drug-likeness (QED) is 0.441. The average molecular weight is 450 g/mol. The molecular weight excluding hydrogens is 418 g/mol. The van der Waals surface area contributed by atoms with Crippen molar-refractivity contribution in [3.8, 4) is 5.75 Å². The summed E-state index contributed by atoms with van der Waals surface area (Å²) in [6, 6.07) is 6.11. The van der Waals surface area contributed by atoms with Gasteiger partial charge in [-0.2, -0.15) is 0 Å². The summed E-state index contributed by atoms with van der Waals surface area (Å²) in [7, 11) is 0. The topological polar surface area (TPSA) is 97.0 Å². The van der Waals surface area contributed by atoms with E-state index in [1.54, 1.807) is 29.2 Å². The molecule has 1 aromatic carbocycles. The highest BCUT2D eigenvalue weighted by Gasteiger charge is 2.34. The van der Waals surface area contributed by atoms with Crippen LogP contribution in [0.15, 0.2) is 24.3 Å². The Morgan fingerprint density at radius 1 is 1.29 bits per heavy atom. The molecule has 0 radical (unpaired) electrons. The van der Waals surface area contributed by atoms with Gasteiger partial charge in [0.05, 0.1) is 25.2 Å². The normalized spacial score (nSPS) is 15.9. The predicted molar refractivity (Wildman–Crippen MR) is 121 cm³/mol. The summed E-state index contributed by atoms with van der Waals surface area (Å²) in [6.45, 7) is 7.63. The molecule has 1 aromatic rings. The molecule has 0 aromatic heterocycles. The number of benzene rings is 1. The maximum absolute atomic E-state index is 12.9. The van der Waals surface area contributed by atoms with Gasteiger partial charge in [0.1, 0.15) is 11.8 Å². The SMILES string of the molecule is CCCOC(=O)CC1C(=O)NCCN1C(=S)NC(=O)c1ccccc1OCCC(C)C. The maximum atomic E-state index is 12.9. The zero-order chi connectivity index (χ0) is 22.8. The molecule has 2 amide bonds. The van der Waals surface area contributed by atoms with Crippen molar-refractivity contribution < 1.29 is 23.9 Å². The minimum Gasteiger partial charge on any atom is -0.493 e. The lowest BCUT2D eigenvalue weighted by molar-refractivity contribution is -0.147. The van der Waals surface area contributed by atoms with E-state index in [-0.39, 0.29) is 17.4 Å². The number of nitrogens with one attached hydrogen (secondary N) is 2. The molecule has 170 valence electrons. The second-order valence-corrected chi connectivity index (χ2v) is 8.10. The Morgan fingerprint density at radius 2 is 2.03 bits per heavy atom. The first-order chi connectivity index (χ1) is 14.8. The van der Waals surface area contributed by atoms with Crippen LogP contribution < -0.4 is 15.4 Å². The van der Waals surface area contributed by atoms with E-state index in [0.29, 0.717) is 50.0 Å². The number of esters is 1. The van der Waals surface area contributed by atoms with Crippen LogP contribution in [0.2, 0.25) is 0 Å². The molecule has 0 bridgehead atoms. The summed E-state index contributed by atoms with van der Waals surface area (Å²) >= 11 is 5.41. The molecule has 1 unspecified atom stereocenters. The molecule has 1 aliphatic heterocycles. The van der Waals surface area contributed by atoms with E-state index < -0.39 is 17.9 Å². The first-order valence-electron chi connectivity index (χ1n) is 10.6. The molecule has 2 rings (SSSR count). The van der Waals surface area contributed by atoms with Crippen molar-refractivity contribution in [2.75, 3.05) is 26.3 Å². The lowest BCUT2D eigenvalue weighted by Crippen LogP contribution is -2.60. The minimum atomic E-state index is -0.830. The van der Waals surface area contributed by atoms with Crippen LogP contribution in [0.5, 0.6) is 5.75 Å². The van der Waals surface area contributed by atoms with E-state index in [4.69, 9.17) is 21.7 Å². The van der Waals surface area contributed by atoms with Gasteiger partial charge < -0.3 is 19.7 Å². The van der Waals surface area contributed by atoms with Gasteiger partial charge in [0.25, 0.3) is 5.91 Å². The van der Waals surface area contributed by atoms with E-state index in [9.17, 15) is 14.4 Å². The van der Waals surface area contributed by atoms with Gasteiger partial charge in [0.15, 0.2) is 5.11 Å². The molecule has 1 fully saturated rings. The van der Waals surface area contributed by atoms with Crippen LogP contribution in [0.3, 0.4) is 0 Å². The maximum Gasteiger partial charge on any atom is 0.308 e. The third-order valence-corrected chi connectivity index (χ3v) is 5.06. The molecule has 0 saturated carbocycles. The van der Waals surface area contributed by atoms with Crippen LogP contribution >= 0.6 is 12.2 Å². The van der Waals surface area contributed by atoms with Crippen molar-refractivity contribution in [3.05, 3.63) is 29.8 Å².